The number of nitrogens with zero attached hydrogens (tertiary/aromatic N) is 3. The molecule has 0 radical (unpaired) electrons. The smallest absolute Gasteiger partial charge is 0.325 e. The maximum atomic E-state index is 12.6. The molecule has 0 atom stereocenters. The Hall–Kier alpha value is -2.62. The van der Waals surface area contributed by atoms with Crippen LogP contribution in [0.3, 0.4) is 0 Å². The molecule has 2 aromatic rings. The second kappa shape index (κ2) is 7.95. The van der Waals surface area contributed by atoms with Gasteiger partial charge in [0.25, 0.3) is 0 Å². The molecule has 2 amide bonds. The van der Waals surface area contributed by atoms with Crippen LogP contribution in [-0.4, -0.2) is 34.1 Å². The van der Waals surface area contributed by atoms with Crippen molar-refractivity contribution in [2.45, 2.75) is 24.2 Å². The lowest BCUT2D eigenvalue weighted by Gasteiger charge is -2.16. The molecule has 0 aliphatic carbocycles. The standard InChI is InChI=1S/C17H15F3N4O2S/c18-17(19,20)13-7-8-21-16(23-13)27-10-14(25)22-11-3-5-12(6-4-11)24-9-1-2-15(24)26/h3-8H,1-2,9-10H2,(H,22,25). The molecule has 1 N–H and O–H groups in total. The van der Waals surface area contributed by atoms with Gasteiger partial charge in [0.2, 0.25) is 11.8 Å². The first kappa shape index (κ1) is 19.2. The summed E-state index contributed by atoms with van der Waals surface area (Å²) < 4.78 is 37.9. The van der Waals surface area contributed by atoms with Crippen molar-refractivity contribution in [3.8, 4) is 0 Å². The Kier molecular flexibility index (Phi) is 5.64. The van der Waals surface area contributed by atoms with Crippen molar-refractivity contribution < 1.29 is 22.8 Å². The van der Waals surface area contributed by atoms with Crippen molar-refractivity contribution in [1.29, 1.82) is 0 Å². The first-order valence-corrected chi connectivity index (χ1v) is 9.05. The highest BCUT2D eigenvalue weighted by Crippen LogP contribution is 2.28. The quantitative estimate of drug-likeness (QED) is 0.620. The van der Waals surface area contributed by atoms with Gasteiger partial charge in [0, 0.05) is 30.5 Å². The average molecular weight is 396 g/mol. The van der Waals surface area contributed by atoms with Crippen LogP contribution in [0, 0.1) is 0 Å². The Morgan fingerprint density at radius 1 is 1.22 bits per heavy atom. The molecule has 1 fully saturated rings. The highest BCUT2D eigenvalue weighted by atomic mass is 32.2. The van der Waals surface area contributed by atoms with Crippen molar-refractivity contribution in [1.82, 2.24) is 9.97 Å². The topological polar surface area (TPSA) is 75.2 Å². The Balaban J connectivity index is 1.54. The number of alkyl halides is 3. The van der Waals surface area contributed by atoms with E-state index in [1.807, 2.05) is 0 Å². The first-order valence-electron chi connectivity index (χ1n) is 8.06. The summed E-state index contributed by atoms with van der Waals surface area (Å²) in [6.07, 6.45) is -2.19. The second-order valence-corrected chi connectivity index (χ2v) is 6.70. The van der Waals surface area contributed by atoms with E-state index in [0.717, 1.165) is 36.1 Å². The van der Waals surface area contributed by atoms with E-state index in [2.05, 4.69) is 15.3 Å². The van der Waals surface area contributed by atoms with Gasteiger partial charge in [0.05, 0.1) is 5.75 Å². The molecule has 1 aromatic carbocycles. The first-order chi connectivity index (χ1) is 12.8. The number of anilines is 2. The van der Waals surface area contributed by atoms with Crippen LogP contribution in [-0.2, 0) is 15.8 Å². The number of hydrogen-bond acceptors (Lipinski definition) is 5. The Morgan fingerprint density at radius 3 is 2.59 bits per heavy atom. The van der Waals surface area contributed by atoms with Crippen LogP contribution in [0.25, 0.3) is 0 Å². The number of halogens is 3. The van der Waals surface area contributed by atoms with Gasteiger partial charge in [-0.2, -0.15) is 13.2 Å². The predicted molar refractivity (Wildman–Crippen MR) is 94.4 cm³/mol. The van der Waals surface area contributed by atoms with Crippen molar-refractivity contribution >= 4 is 35.0 Å². The van der Waals surface area contributed by atoms with E-state index in [9.17, 15) is 22.8 Å². The Labute approximate surface area is 157 Å². The molecular weight excluding hydrogens is 381 g/mol. The normalized spacial score (nSPS) is 14.5. The van der Waals surface area contributed by atoms with E-state index < -0.39 is 17.8 Å². The summed E-state index contributed by atoms with van der Waals surface area (Å²) in [5.41, 5.74) is 0.246. The average Bonchev–Trinajstić information content (AvgIpc) is 3.06. The lowest BCUT2D eigenvalue weighted by molar-refractivity contribution is -0.141. The fraction of sp³-hybridized carbons (Fsp3) is 0.294. The summed E-state index contributed by atoms with van der Waals surface area (Å²) >= 11 is 0.815. The van der Waals surface area contributed by atoms with Gasteiger partial charge in [-0.25, -0.2) is 9.97 Å². The van der Waals surface area contributed by atoms with E-state index in [1.54, 1.807) is 29.2 Å². The van der Waals surface area contributed by atoms with Crippen LogP contribution in [0.2, 0.25) is 0 Å². The summed E-state index contributed by atoms with van der Waals surface area (Å²) in [5, 5.41) is 2.52. The maximum Gasteiger partial charge on any atom is 0.433 e. The molecule has 0 bridgehead atoms. The lowest BCUT2D eigenvalue weighted by atomic mass is 10.2. The van der Waals surface area contributed by atoms with Crippen LogP contribution >= 0.6 is 11.8 Å². The van der Waals surface area contributed by atoms with E-state index >= 15 is 0 Å². The molecule has 27 heavy (non-hydrogen) atoms. The summed E-state index contributed by atoms with van der Waals surface area (Å²) in [5.74, 6) is -0.455. The number of rotatable bonds is 5. The third-order valence-electron chi connectivity index (χ3n) is 3.79. The molecule has 1 saturated heterocycles. The molecule has 10 heteroatoms. The largest absolute Gasteiger partial charge is 0.433 e. The number of benzene rings is 1. The van der Waals surface area contributed by atoms with Crippen molar-refractivity contribution in [2.24, 2.45) is 0 Å². The third-order valence-corrected chi connectivity index (χ3v) is 4.65. The maximum absolute atomic E-state index is 12.6. The second-order valence-electron chi connectivity index (χ2n) is 5.75. The summed E-state index contributed by atoms with van der Waals surface area (Å²) in [4.78, 5) is 32.5. The summed E-state index contributed by atoms with van der Waals surface area (Å²) in [6, 6.07) is 7.59. The zero-order valence-electron chi connectivity index (χ0n) is 14.0. The fourth-order valence-electron chi connectivity index (χ4n) is 2.54. The Morgan fingerprint density at radius 2 is 1.96 bits per heavy atom. The molecule has 6 nitrogen and oxygen atoms in total. The number of carbonyl (C=O) groups excluding carboxylic acids is 2. The molecule has 1 aromatic heterocycles. The van der Waals surface area contributed by atoms with E-state index in [0.29, 0.717) is 18.7 Å². The van der Waals surface area contributed by atoms with Crippen LogP contribution in [0.4, 0.5) is 24.5 Å². The molecule has 0 spiro atoms. The van der Waals surface area contributed by atoms with Crippen molar-refractivity contribution in [2.75, 3.05) is 22.5 Å². The van der Waals surface area contributed by atoms with Gasteiger partial charge < -0.3 is 10.2 Å². The van der Waals surface area contributed by atoms with Crippen molar-refractivity contribution in [3.63, 3.8) is 0 Å². The number of aromatic nitrogens is 2. The molecule has 142 valence electrons. The number of amides is 2. The fourth-order valence-corrected chi connectivity index (χ4v) is 3.17. The minimum absolute atomic E-state index is 0.0734. The highest BCUT2D eigenvalue weighted by molar-refractivity contribution is 7.99. The lowest BCUT2D eigenvalue weighted by Crippen LogP contribution is -2.23. The number of hydrogen-bond donors (Lipinski definition) is 1. The van der Waals surface area contributed by atoms with Crippen LogP contribution in [0.5, 0.6) is 0 Å². The van der Waals surface area contributed by atoms with Crippen LogP contribution in [0.15, 0.2) is 41.7 Å². The molecule has 0 saturated carbocycles. The van der Waals surface area contributed by atoms with Gasteiger partial charge >= 0.3 is 6.18 Å². The SMILES string of the molecule is O=C(CSc1nccc(C(F)(F)F)n1)Nc1ccc(N2CCCC2=O)cc1. The van der Waals surface area contributed by atoms with Gasteiger partial charge in [-0.15, -0.1) is 0 Å². The Bertz CT molecular complexity index is 843. The zero-order valence-corrected chi connectivity index (χ0v) is 14.8. The molecule has 1 aliphatic rings. The number of carbonyl (C=O) groups is 2. The van der Waals surface area contributed by atoms with E-state index in [1.165, 1.54) is 0 Å². The van der Waals surface area contributed by atoms with Crippen molar-refractivity contribution in [3.05, 3.63) is 42.2 Å². The van der Waals surface area contributed by atoms with Gasteiger partial charge in [0.1, 0.15) is 5.69 Å². The predicted octanol–water partition coefficient (Wildman–Crippen LogP) is 3.35. The minimum atomic E-state index is -4.56. The minimum Gasteiger partial charge on any atom is -0.325 e. The molecular formula is C17H15F3N4O2S. The van der Waals surface area contributed by atoms with Gasteiger partial charge in [-0.05, 0) is 36.8 Å². The van der Waals surface area contributed by atoms with E-state index in [-0.39, 0.29) is 16.8 Å². The summed E-state index contributed by atoms with van der Waals surface area (Å²) in [6.45, 7) is 0.679. The van der Waals surface area contributed by atoms with Crippen LogP contribution < -0.4 is 10.2 Å². The van der Waals surface area contributed by atoms with Gasteiger partial charge in [-0.3, -0.25) is 9.59 Å². The van der Waals surface area contributed by atoms with Gasteiger partial charge in [-0.1, -0.05) is 11.8 Å². The van der Waals surface area contributed by atoms with E-state index in [4.69, 9.17) is 0 Å². The number of thioether (sulfide) groups is 1. The molecule has 3 rings (SSSR count). The molecule has 2 heterocycles. The highest BCUT2D eigenvalue weighted by Gasteiger charge is 2.32. The molecule has 0 unspecified atom stereocenters. The molecule has 1 aliphatic heterocycles. The zero-order chi connectivity index (χ0) is 19.4. The monoisotopic (exact) mass is 396 g/mol. The van der Waals surface area contributed by atoms with Gasteiger partial charge in [0.15, 0.2) is 5.16 Å². The third kappa shape index (κ3) is 4.97. The number of nitrogens with one attached hydrogen (secondary N) is 1. The van der Waals surface area contributed by atoms with Crippen LogP contribution in [0.1, 0.15) is 18.5 Å². The summed E-state index contributed by atoms with van der Waals surface area (Å²) in [7, 11) is 0.